The van der Waals surface area contributed by atoms with E-state index < -0.39 is 0 Å². The Labute approximate surface area is 143 Å². The van der Waals surface area contributed by atoms with Gasteiger partial charge in [-0.3, -0.25) is 4.79 Å². The van der Waals surface area contributed by atoms with E-state index in [4.69, 9.17) is 11.6 Å². The van der Waals surface area contributed by atoms with Crippen LogP contribution in [0.1, 0.15) is 43.7 Å². The molecule has 1 aromatic rings. The number of nitrogens with zero attached hydrogens (tertiary/aromatic N) is 1. The molecule has 0 aliphatic heterocycles. The zero-order valence-electron chi connectivity index (χ0n) is 13.5. The largest absolute Gasteiger partial charge is 0.328 e. The van der Waals surface area contributed by atoms with Crippen molar-refractivity contribution in [3.63, 3.8) is 0 Å². The van der Waals surface area contributed by atoms with E-state index in [0.717, 1.165) is 12.0 Å². The lowest BCUT2D eigenvalue weighted by atomic mass is 9.96. The zero-order valence-corrected chi connectivity index (χ0v) is 14.2. The van der Waals surface area contributed by atoms with Crippen LogP contribution in [0.2, 0.25) is 5.02 Å². The standard InChI is InChI=1S/C20H24ClNO/c1-3-5-18(14-10-12-17(21)13-11-14)22(19(23)4-2)20(15-6-7-15)16-8-9-16/h3-4,10-13,15-16,18,20H,1-2,5-9H2/t18-/m0/s1. The minimum absolute atomic E-state index is 0.0152. The molecule has 2 nitrogen and oxygen atoms in total. The third-order valence-corrected chi connectivity index (χ3v) is 5.19. The van der Waals surface area contributed by atoms with Crippen molar-refractivity contribution in [3.8, 4) is 0 Å². The molecule has 0 aromatic heterocycles. The maximum absolute atomic E-state index is 12.7. The molecule has 1 aromatic carbocycles. The van der Waals surface area contributed by atoms with E-state index in [1.165, 1.54) is 31.8 Å². The monoisotopic (exact) mass is 329 g/mol. The van der Waals surface area contributed by atoms with Gasteiger partial charge in [-0.1, -0.05) is 36.4 Å². The molecule has 2 fully saturated rings. The summed E-state index contributed by atoms with van der Waals surface area (Å²) in [6.07, 6.45) is 9.07. The first-order chi connectivity index (χ1) is 11.2. The molecule has 122 valence electrons. The van der Waals surface area contributed by atoms with Crippen LogP contribution in [0.15, 0.2) is 49.6 Å². The first-order valence-electron chi connectivity index (χ1n) is 8.46. The SMILES string of the molecule is C=CC[C@@H](c1ccc(Cl)cc1)N(C(=O)C=C)C(C1CC1)C1CC1. The average Bonchev–Trinajstić information content (AvgIpc) is 3.45. The van der Waals surface area contributed by atoms with E-state index in [9.17, 15) is 4.79 Å². The van der Waals surface area contributed by atoms with Gasteiger partial charge in [-0.05, 0) is 67.7 Å². The Balaban J connectivity index is 1.96. The predicted molar refractivity (Wildman–Crippen MR) is 95.3 cm³/mol. The molecule has 1 atom stereocenters. The molecule has 0 unspecified atom stereocenters. The summed E-state index contributed by atoms with van der Waals surface area (Å²) in [4.78, 5) is 14.8. The molecule has 0 bridgehead atoms. The molecular formula is C20H24ClNO. The van der Waals surface area contributed by atoms with E-state index in [-0.39, 0.29) is 11.9 Å². The normalized spacial score (nSPS) is 18.5. The van der Waals surface area contributed by atoms with E-state index >= 15 is 0 Å². The summed E-state index contributed by atoms with van der Waals surface area (Å²) in [6.45, 7) is 7.64. The third-order valence-electron chi connectivity index (χ3n) is 4.94. The number of amides is 1. The quantitative estimate of drug-likeness (QED) is 0.476. The van der Waals surface area contributed by atoms with Crippen LogP contribution in [-0.2, 0) is 4.79 Å². The number of rotatable bonds is 8. The molecular weight excluding hydrogens is 306 g/mol. The van der Waals surface area contributed by atoms with Crippen LogP contribution in [0.3, 0.4) is 0 Å². The molecule has 0 N–H and O–H groups in total. The van der Waals surface area contributed by atoms with Crippen molar-refractivity contribution in [2.45, 2.75) is 44.2 Å². The van der Waals surface area contributed by atoms with E-state index in [1.54, 1.807) is 0 Å². The van der Waals surface area contributed by atoms with E-state index in [0.29, 0.717) is 22.9 Å². The Kier molecular flexibility index (Phi) is 4.91. The van der Waals surface area contributed by atoms with E-state index in [1.807, 2.05) is 30.3 Å². The van der Waals surface area contributed by atoms with Crippen LogP contribution >= 0.6 is 11.6 Å². The first-order valence-corrected chi connectivity index (χ1v) is 8.84. The van der Waals surface area contributed by atoms with Gasteiger partial charge < -0.3 is 4.90 Å². The molecule has 23 heavy (non-hydrogen) atoms. The fourth-order valence-electron chi connectivity index (χ4n) is 3.58. The Morgan fingerprint density at radius 2 is 1.74 bits per heavy atom. The maximum Gasteiger partial charge on any atom is 0.246 e. The number of carbonyl (C=O) groups is 1. The molecule has 3 heteroatoms. The number of hydrogen-bond donors (Lipinski definition) is 0. The Bertz CT molecular complexity index is 574. The Hall–Kier alpha value is -1.54. The summed E-state index contributed by atoms with van der Waals surface area (Å²) in [7, 11) is 0. The fraction of sp³-hybridized carbons (Fsp3) is 0.450. The fourth-order valence-corrected chi connectivity index (χ4v) is 3.71. The predicted octanol–water partition coefficient (Wildman–Crippen LogP) is 5.16. The van der Waals surface area contributed by atoms with Crippen LogP contribution < -0.4 is 0 Å². The van der Waals surface area contributed by atoms with Crippen LogP contribution in [0.4, 0.5) is 0 Å². The molecule has 1 amide bonds. The minimum atomic E-state index is 0.0152. The first kappa shape index (κ1) is 16.3. The van der Waals surface area contributed by atoms with Gasteiger partial charge in [-0.2, -0.15) is 0 Å². The lowest BCUT2D eigenvalue weighted by Crippen LogP contribution is -2.44. The van der Waals surface area contributed by atoms with Crippen molar-refractivity contribution >= 4 is 17.5 Å². The second-order valence-electron chi connectivity index (χ2n) is 6.71. The Morgan fingerprint density at radius 3 is 2.17 bits per heavy atom. The minimum Gasteiger partial charge on any atom is -0.328 e. The topological polar surface area (TPSA) is 20.3 Å². The van der Waals surface area contributed by atoms with Gasteiger partial charge >= 0.3 is 0 Å². The van der Waals surface area contributed by atoms with Crippen LogP contribution in [-0.4, -0.2) is 16.8 Å². The van der Waals surface area contributed by atoms with Gasteiger partial charge in [-0.15, -0.1) is 6.58 Å². The Morgan fingerprint density at radius 1 is 1.17 bits per heavy atom. The van der Waals surface area contributed by atoms with Crippen LogP contribution in [0.5, 0.6) is 0 Å². The molecule has 0 saturated heterocycles. The summed E-state index contributed by atoms with van der Waals surface area (Å²) < 4.78 is 0. The van der Waals surface area contributed by atoms with Gasteiger partial charge in [0.2, 0.25) is 5.91 Å². The summed E-state index contributed by atoms with van der Waals surface area (Å²) in [5.41, 5.74) is 1.12. The van der Waals surface area contributed by atoms with Crippen molar-refractivity contribution in [2.75, 3.05) is 0 Å². The van der Waals surface area contributed by atoms with Gasteiger partial charge in [0.15, 0.2) is 0 Å². The highest BCUT2D eigenvalue weighted by atomic mass is 35.5. The molecule has 2 aliphatic carbocycles. The highest BCUT2D eigenvalue weighted by molar-refractivity contribution is 6.30. The summed E-state index contributed by atoms with van der Waals surface area (Å²) in [5.74, 6) is 1.35. The van der Waals surface area contributed by atoms with Gasteiger partial charge in [0.05, 0.1) is 6.04 Å². The highest BCUT2D eigenvalue weighted by Crippen LogP contribution is 2.49. The van der Waals surface area contributed by atoms with Gasteiger partial charge in [0.1, 0.15) is 0 Å². The van der Waals surface area contributed by atoms with Crippen molar-refractivity contribution in [1.29, 1.82) is 0 Å². The smallest absolute Gasteiger partial charge is 0.246 e. The number of hydrogen-bond acceptors (Lipinski definition) is 1. The third kappa shape index (κ3) is 3.69. The van der Waals surface area contributed by atoms with Crippen LogP contribution in [0.25, 0.3) is 0 Å². The molecule has 3 rings (SSSR count). The number of halogens is 1. The molecule has 0 spiro atoms. The second-order valence-corrected chi connectivity index (χ2v) is 7.14. The van der Waals surface area contributed by atoms with Crippen molar-refractivity contribution in [3.05, 3.63) is 60.2 Å². The molecule has 0 radical (unpaired) electrons. The molecule has 2 aliphatic rings. The lowest BCUT2D eigenvalue weighted by molar-refractivity contribution is -0.132. The summed E-state index contributed by atoms with van der Waals surface area (Å²) in [6, 6.07) is 8.20. The number of benzene rings is 1. The summed E-state index contributed by atoms with van der Waals surface area (Å²) >= 11 is 6.03. The van der Waals surface area contributed by atoms with Crippen molar-refractivity contribution in [2.24, 2.45) is 11.8 Å². The molecule has 2 saturated carbocycles. The lowest BCUT2D eigenvalue weighted by Gasteiger charge is -2.38. The zero-order chi connectivity index (χ0) is 16.4. The highest BCUT2D eigenvalue weighted by Gasteiger charge is 2.47. The van der Waals surface area contributed by atoms with Gasteiger partial charge in [-0.25, -0.2) is 0 Å². The average molecular weight is 330 g/mol. The second kappa shape index (κ2) is 6.92. The molecule has 0 heterocycles. The van der Waals surface area contributed by atoms with Crippen LogP contribution in [0, 0.1) is 11.8 Å². The van der Waals surface area contributed by atoms with Crippen molar-refractivity contribution in [1.82, 2.24) is 4.90 Å². The number of carbonyl (C=O) groups excluding carboxylic acids is 1. The van der Waals surface area contributed by atoms with Crippen molar-refractivity contribution < 1.29 is 4.79 Å². The maximum atomic E-state index is 12.7. The van der Waals surface area contributed by atoms with Gasteiger partial charge in [0, 0.05) is 11.1 Å². The van der Waals surface area contributed by atoms with Gasteiger partial charge in [0.25, 0.3) is 0 Å². The summed E-state index contributed by atoms with van der Waals surface area (Å²) in [5, 5.41) is 0.716. The van der Waals surface area contributed by atoms with E-state index in [2.05, 4.69) is 18.1 Å².